The zero-order chi connectivity index (χ0) is 19.5. The Bertz CT molecular complexity index is 962. The summed E-state index contributed by atoms with van der Waals surface area (Å²) in [5, 5.41) is 0. The lowest BCUT2D eigenvalue weighted by molar-refractivity contribution is 0.114. The molecule has 2 nitrogen and oxygen atoms in total. The number of fused-ring (bicyclic) bond motifs is 2. The number of hydrogen-bond acceptors (Lipinski definition) is 2. The van der Waals surface area contributed by atoms with Gasteiger partial charge in [-0.05, 0) is 51.0 Å². The first-order chi connectivity index (χ1) is 13.3. The topological polar surface area (TPSA) is 18.5 Å². The summed E-state index contributed by atoms with van der Waals surface area (Å²) in [5.74, 6) is 2.00. The largest absolute Gasteiger partial charge is 0.482 e. The van der Waals surface area contributed by atoms with Crippen LogP contribution >= 0.6 is 0 Å². The molecule has 0 aliphatic carbocycles. The monoisotopic (exact) mass is 370 g/mol. The Morgan fingerprint density at radius 3 is 1.46 bits per heavy atom. The van der Waals surface area contributed by atoms with E-state index >= 15 is 0 Å². The second-order valence-corrected chi connectivity index (χ2v) is 8.83. The van der Waals surface area contributed by atoms with E-state index in [1.54, 1.807) is 0 Å². The molecule has 0 N–H and O–H groups in total. The molecule has 28 heavy (non-hydrogen) atoms. The highest BCUT2D eigenvalue weighted by Crippen LogP contribution is 2.49. The Morgan fingerprint density at radius 1 is 0.643 bits per heavy atom. The van der Waals surface area contributed by atoms with Crippen LogP contribution in [-0.4, -0.2) is 0 Å². The standard InChI is InChI=1S/C26H26O2/c1-17-7-5-9-21(11-17)25(3)15-19-13-24-20(14-23(19)27-25)16-26(4,28-24)22-10-6-8-18(2)12-22/h5-14H,15-16H2,1-4H3. The first-order valence-corrected chi connectivity index (χ1v) is 10.0. The minimum absolute atomic E-state index is 0.316. The molecule has 2 heteroatoms. The van der Waals surface area contributed by atoms with E-state index in [-0.39, 0.29) is 11.2 Å². The summed E-state index contributed by atoms with van der Waals surface area (Å²) in [6.07, 6.45) is 1.73. The van der Waals surface area contributed by atoms with E-state index < -0.39 is 0 Å². The van der Waals surface area contributed by atoms with Gasteiger partial charge in [-0.2, -0.15) is 0 Å². The third-order valence-electron chi connectivity index (χ3n) is 6.23. The zero-order valence-electron chi connectivity index (χ0n) is 17.0. The summed E-state index contributed by atoms with van der Waals surface area (Å²) < 4.78 is 13.0. The highest BCUT2D eigenvalue weighted by molar-refractivity contribution is 5.54. The maximum atomic E-state index is 6.50. The van der Waals surface area contributed by atoms with Crippen LogP contribution in [0.15, 0.2) is 60.7 Å². The van der Waals surface area contributed by atoms with Crippen LogP contribution in [0.2, 0.25) is 0 Å². The molecule has 0 fully saturated rings. The van der Waals surface area contributed by atoms with Gasteiger partial charge >= 0.3 is 0 Å². The Hall–Kier alpha value is -2.74. The van der Waals surface area contributed by atoms with Crippen molar-refractivity contribution in [3.63, 3.8) is 0 Å². The molecule has 3 aromatic rings. The predicted octanol–water partition coefficient (Wildman–Crippen LogP) is 6.00. The van der Waals surface area contributed by atoms with Gasteiger partial charge in [-0.3, -0.25) is 0 Å². The van der Waals surface area contributed by atoms with Gasteiger partial charge in [0.25, 0.3) is 0 Å². The van der Waals surface area contributed by atoms with Crippen LogP contribution in [0.3, 0.4) is 0 Å². The van der Waals surface area contributed by atoms with Gasteiger partial charge < -0.3 is 9.47 Å². The SMILES string of the molecule is Cc1cccc(C2(C)Cc3cc4c(cc3O2)CC(C)(c2cccc(C)c2)O4)c1. The maximum absolute atomic E-state index is 6.50. The van der Waals surface area contributed by atoms with E-state index in [9.17, 15) is 0 Å². The van der Waals surface area contributed by atoms with Crippen molar-refractivity contribution in [2.24, 2.45) is 0 Å². The lowest BCUT2D eigenvalue weighted by atomic mass is 9.89. The summed E-state index contributed by atoms with van der Waals surface area (Å²) >= 11 is 0. The summed E-state index contributed by atoms with van der Waals surface area (Å²) in [6, 6.07) is 21.7. The lowest BCUT2D eigenvalue weighted by Crippen LogP contribution is -2.27. The van der Waals surface area contributed by atoms with E-state index in [1.807, 2.05) is 0 Å². The molecule has 2 heterocycles. The second kappa shape index (κ2) is 5.88. The first-order valence-electron chi connectivity index (χ1n) is 10.0. The molecule has 0 spiro atoms. The van der Waals surface area contributed by atoms with Crippen LogP contribution in [-0.2, 0) is 24.0 Å². The van der Waals surface area contributed by atoms with E-state index in [4.69, 9.17) is 9.47 Å². The fraction of sp³-hybridized carbons (Fsp3) is 0.308. The van der Waals surface area contributed by atoms with Crippen LogP contribution in [0.25, 0.3) is 0 Å². The fourth-order valence-corrected chi connectivity index (χ4v) is 4.66. The molecule has 2 aliphatic heterocycles. The Morgan fingerprint density at radius 2 is 1.07 bits per heavy atom. The molecule has 0 amide bonds. The van der Waals surface area contributed by atoms with Crippen LogP contribution in [0.1, 0.15) is 47.2 Å². The Balaban J connectivity index is 1.46. The molecule has 0 radical (unpaired) electrons. The number of benzene rings is 3. The van der Waals surface area contributed by atoms with Crippen molar-refractivity contribution in [1.29, 1.82) is 0 Å². The normalized spacial score (nSPS) is 25.0. The molecule has 142 valence electrons. The summed E-state index contributed by atoms with van der Waals surface area (Å²) in [7, 11) is 0. The number of aryl methyl sites for hydroxylation is 2. The summed E-state index contributed by atoms with van der Waals surface area (Å²) in [4.78, 5) is 0. The molecule has 0 aromatic heterocycles. The van der Waals surface area contributed by atoms with Crippen molar-refractivity contribution in [1.82, 2.24) is 0 Å². The molecular formula is C26H26O2. The molecule has 2 aliphatic rings. The smallest absolute Gasteiger partial charge is 0.135 e. The average Bonchev–Trinajstić information content (AvgIpc) is 3.15. The highest BCUT2D eigenvalue weighted by Gasteiger charge is 2.41. The third kappa shape index (κ3) is 2.71. The van der Waals surface area contributed by atoms with Crippen molar-refractivity contribution in [3.05, 3.63) is 94.0 Å². The van der Waals surface area contributed by atoms with Crippen molar-refractivity contribution < 1.29 is 9.47 Å². The van der Waals surface area contributed by atoms with E-state index in [2.05, 4.69) is 88.4 Å². The molecular weight excluding hydrogens is 344 g/mol. The maximum Gasteiger partial charge on any atom is 0.135 e. The van der Waals surface area contributed by atoms with E-state index in [1.165, 1.54) is 33.4 Å². The van der Waals surface area contributed by atoms with Gasteiger partial charge in [0.1, 0.15) is 22.7 Å². The quantitative estimate of drug-likeness (QED) is 0.550. The molecule has 2 atom stereocenters. The molecule has 0 saturated heterocycles. The third-order valence-corrected chi connectivity index (χ3v) is 6.23. The van der Waals surface area contributed by atoms with Gasteiger partial charge in [0.05, 0.1) is 0 Å². The van der Waals surface area contributed by atoms with Crippen LogP contribution in [0.4, 0.5) is 0 Å². The minimum atomic E-state index is -0.316. The van der Waals surface area contributed by atoms with Gasteiger partial charge in [0.15, 0.2) is 0 Å². The van der Waals surface area contributed by atoms with Crippen molar-refractivity contribution in [2.75, 3.05) is 0 Å². The second-order valence-electron chi connectivity index (χ2n) is 8.83. The number of hydrogen-bond donors (Lipinski definition) is 0. The summed E-state index contributed by atoms with van der Waals surface area (Å²) in [5.41, 5.74) is 6.82. The Kier molecular flexibility index (Phi) is 3.64. The van der Waals surface area contributed by atoms with E-state index in [0.717, 1.165) is 24.3 Å². The fourth-order valence-electron chi connectivity index (χ4n) is 4.66. The number of ether oxygens (including phenoxy) is 2. The van der Waals surface area contributed by atoms with Gasteiger partial charge in [-0.25, -0.2) is 0 Å². The van der Waals surface area contributed by atoms with Crippen LogP contribution in [0, 0.1) is 13.8 Å². The van der Waals surface area contributed by atoms with Crippen LogP contribution in [0.5, 0.6) is 11.5 Å². The summed E-state index contributed by atoms with van der Waals surface area (Å²) in [6.45, 7) is 8.63. The zero-order valence-corrected chi connectivity index (χ0v) is 17.0. The van der Waals surface area contributed by atoms with Crippen molar-refractivity contribution in [3.8, 4) is 11.5 Å². The van der Waals surface area contributed by atoms with Gasteiger partial charge in [-0.1, -0.05) is 59.7 Å². The number of rotatable bonds is 2. The van der Waals surface area contributed by atoms with Crippen LogP contribution < -0.4 is 9.47 Å². The van der Waals surface area contributed by atoms with Crippen molar-refractivity contribution >= 4 is 0 Å². The molecule has 5 rings (SSSR count). The first kappa shape index (κ1) is 17.4. The average molecular weight is 370 g/mol. The molecule has 2 unspecified atom stereocenters. The minimum Gasteiger partial charge on any atom is -0.482 e. The molecule has 0 bridgehead atoms. The lowest BCUT2D eigenvalue weighted by Gasteiger charge is -2.25. The molecule has 0 saturated carbocycles. The predicted molar refractivity (Wildman–Crippen MR) is 112 cm³/mol. The molecule has 3 aromatic carbocycles. The van der Waals surface area contributed by atoms with Gasteiger partial charge in [0, 0.05) is 24.0 Å². The Labute approximate surface area is 167 Å². The van der Waals surface area contributed by atoms with Gasteiger partial charge in [-0.15, -0.1) is 0 Å². The highest BCUT2D eigenvalue weighted by atomic mass is 16.5. The van der Waals surface area contributed by atoms with Crippen molar-refractivity contribution in [2.45, 2.75) is 51.7 Å². The van der Waals surface area contributed by atoms with E-state index in [0.29, 0.717) is 0 Å². The van der Waals surface area contributed by atoms with Gasteiger partial charge in [0.2, 0.25) is 0 Å².